The van der Waals surface area contributed by atoms with Crippen molar-refractivity contribution >= 4 is 17.9 Å². The van der Waals surface area contributed by atoms with Crippen LogP contribution in [0.25, 0.3) is 0 Å². The third-order valence-electron chi connectivity index (χ3n) is 7.28. The molecule has 0 bridgehead atoms. The molecule has 0 saturated heterocycles. The van der Waals surface area contributed by atoms with E-state index in [1.165, 1.54) is 0 Å². The van der Waals surface area contributed by atoms with E-state index in [1.807, 2.05) is 66.7 Å². The van der Waals surface area contributed by atoms with E-state index in [0.29, 0.717) is 30.5 Å². The number of urea groups is 1. The van der Waals surface area contributed by atoms with Gasteiger partial charge in [-0.15, -0.1) is 0 Å². The highest BCUT2D eigenvalue weighted by Crippen LogP contribution is 2.48. The number of nitrogens with zero attached hydrogens (tertiary/aromatic N) is 1. The summed E-state index contributed by atoms with van der Waals surface area (Å²) >= 11 is 0. The second-order valence-corrected chi connectivity index (χ2v) is 10.4. The van der Waals surface area contributed by atoms with Crippen molar-refractivity contribution in [1.29, 1.82) is 0 Å². The van der Waals surface area contributed by atoms with E-state index in [-0.39, 0.29) is 30.4 Å². The Balaban J connectivity index is 1.40. The van der Waals surface area contributed by atoms with E-state index in [1.54, 1.807) is 29.2 Å². The van der Waals surface area contributed by atoms with Gasteiger partial charge in [0.2, 0.25) is 0 Å². The number of hydrogen-bond donors (Lipinski definition) is 2. The number of esters is 1. The lowest BCUT2D eigenvalue weighted by atomic mass is 9.77. The highest BCUT2D eigenvalue weighted by molar-refractivity contribution is 5.95. The van der Waals surface area contributed by atoms with Gasteiger partial charge in [-0.25, -0.2) is 9.59 Å². The van der Waals surface area contributed by atoms with Crippen LogP contribution in [0, 0.1) is 5.92 Å². The summed E-state index contributed by atoms with van der Waals surface area (Å²) in [6.45, 7) is 4.84. The van der Waals surface area contributed by atoms with Crippen LogP contribution in [0.5, 0.6) is 0 Å². The first-order valence-corrected chi connectivity index (χ1v) is 13.3. The molecule has 7 nitrogen and oxygen atoms in total. The van der Waals surface area contributed by atoms with Gasteiger partial charge in [-0.05, 0) is 42.0 Å². The van der Waals surface area contributed by atoms with Crippen LogP contribution >= 0.6 is 0 Å². The Labute approximate surface area is 228 Å². The highest BCUT2D eigenvalue weighted by atomic mass is 16.6. The van der Waals surface area contributed by atoms with Gasteiger partial charge in [0.05, 0.1) is 0 Å². The predicted molar refractivity (Wildman–Crippen MR) is 149 cm³/mol. The van der Waals surface area contributed by atoms with Crippen LogP contribution in [0.3, 0.4) is 0 Å². The quantitative estimate of drug-likeness (QED) is 0.324. The first kappa shape index (κ1) is 26.2. The van der Waals surface area contributed by atoms with Gasteiger partial charge in [-0.3, -0.25) is 4.79 Å². The smallest absolute Gasteiger partial charge is 0.335 e. The Kier molecular flexibility index (Phi) is 7.50. The zero-order chi connectivity index (χ0) is 27.4. The highest BCUT2D eigenvalue weighted by Gasteiger charge is 2.51. The zero-order valence-electron chi connectivity index (χ0n) is 22.2. The molecule has 0 aliphatic carbocycles. The first-order chi connectivity index (χ1) is 18.9. The summed E-state index contributed by atoms with van der Waals surface area (Å²) in [6, 6.07) is 27.7. The Morgan fingerprint density at radius 2 is 1.51 bits per heavy atom. The number of ether oxygens (including phenoxy) is 1. The minimum atomic E-state index is -0.902. The third kappa shape index (κ3) is 5.43. The molecule has 0 saturated carbocycles. The number of benzene rings is 3. The Morgan fingerprint density at radius 3 is 2.15 bits per heavy atom. The molecule has 0 fully saturated rings. The molecule has 3 amide bonds. The number of nitrogens with one attached hydrogen (secondary N) is 2. The molecule has 2 unspecified atom stereocenters. The fourth-order valence-corrected chi connectivity index (χ4v) is 5.48. The molecule has 2 atom stereocenters. The van der Waals surface area contributed by atoms with Gasteiger partial charge >= 0.3 is 12.0 Å². The second kappa shape index (κ2) is 11.2. The fraction of sp³-hybridized carbons (Fsp3) is 0.281. The summed E-state index contributed by atoms with van der Waals surface area (Å²) in [5.41, 5.74) is 2.78. The van der Waals surface area contributed by atoms with E-state index in [4.69, 9.17) is 4.74 Å². The molecule has 7 heteroatoms. The van der Waals surface area contributed by atoms with Crippen LogP contribution in [0.2, 0.25) is 0 Å². The van der Waals surface area contributed by atoms with Crippen molar-refractivity contribution in [1.82, 2.24) is 15.5 Å². The molecule has 0 aromatic heterocycles. The average molecular weight is 524 g/mol. The van der Waals surface area contributed by atoms with Crippen molar-refractivity contribution in [3.63, 3.8) is 0 Å². The van der Waals surface area contributed by atoms with Crippen molar-refractivity contribution in [3.05, 3.63) is 119 Å². The maximum Gasteiger partial charge on any atom is 0.335 e. The molecule has 0 spiro atoms. The summed E-state index contributed by atoms with van der Waals surface area (Å²) < 4.78 is 6.14. The van der Waals surface area contributed by atoms with Crippen LogP contribution in [-0.4, -0.2) is 35.9 Å². The molecule has 2 aliphatic heterocycles. The summed E-state index contributed by atoms with van der Waals surface area (Å²) in [7, 11) is 0. The summed E-state index contributed by atoms with van der Waals surface area (Å²) in [5, 5.41) is 5.96. The number of cyclic esters (lactones) is 1. The van der Waals surface area contributed by atoms with Crippen LogP contribution in [0.15, 0.2) is 102 Å². The van der Waals surface area contributed by atoms with E-state index in [0.717, 1.165) is 16.7 Å². The number of amides is 3. The van der Waals surface area contributed by atoms with Gasteiger partial charge in [0.1, 0.15) is 6.17 Å². The lowest BCUT2D eigenvalue weighted by molar-refractivity contribution is -0.149. The van der Waals surface area contributed by atoms with Gasteiger partial charge in [0, 0.05) is 29.8 Å². The Morgan fingerprint density at radius 1 is 0.897 bits per heavy atom. The minimum absolute atomic E-state index is 0.254. The molecule has 5 rings (SSSR count). The number of rotatable bonds is 7. The largest absolute Gasteiger partial charge is 0.446 e. The van der Waals surface area contributed by atoms with Crippen molar-refractivity contribution in [2.75, 3.05) is 13.1 Å². The van der Waals surface area contributed by atoms with Gasteiger partial charge in [-0.1, -0.05) is 92.7 Å². The molecular weight excluding hydrogens is 490 g/mol. The topological polar surface area (TPSA) is 87.7 Å². The molecule has 3 aromatic carbocycles. The summed E-state index contributed by atoms with van der Waals surface area (Å²) in [6.07, 6.45) is 0.301. The lowest BCUT2D eigenvalue weighted by Gasteiger charge is -2.37. The molecule has 200 valence electrons. The van der Waals surface area contributed by atoms with Crippen molar-refractivity contribution in [3.8, 4) is 0 Å². The SMILES string of the molecule is CC(C)CC1(c2ccccc2)OC(=O)C2=C1CN(C(=O)NC(NC(=O)c1ccccc1)c1ccccc1)CC2. The van der Waals surface area contributed by atoms with E-state index in [2.05, 4.69) is 24.5 Å². The monoisotopic (exact) mass is 523 g/mol. The van der Waals surface area contributed by atoms with E-state index >= 15 is 0 Å². The van der Waals surface area contributed by atoms with Crippen LogP contribution in [-0.2, 0) is 15.1 Å². The number of hydrogen-bond acceptors (Lipinski definition) is 4. The molecule has 3 aromatic rings. The molecular formula is C32H33N3O4. The van der Waals surface area contributed by atoms with Crippen LogP contribution in [0.1, 0.15) is 54.3 Å². The maximum atomic E-state index is 13.7. The van der Waals surface area contributed by atoms with E-state index < -0.39 is 11.8 Å². The standard InChI is InChI=1S/C32H33N3O4/c1-22(2)20-32(25-16-10-5-11-17-25)27-21-35(19-18-26(27)30(37)39-32)31(38)34-28(23-12-6-3-7-13-23)33-29(36)24-14-8-4-9-15-24/h3-17,22,28H,18-21H2,1-2H3,(H,33,36)(H,34,38). The Bertz CT molecular complexity index is 1370. The minimum Gasteiger partial charge on any atom is -0.446 e. The van der Waals surface area contributed by atoms with E-state index in [9.17, 15) is 14.4 Å². The molecule has 39 heavy (non-hydrogen) atoms. The van der Waals surface area contributed by atoms with Gasteiger partial charge in [-0.2, -0.15) is 0 Å². The number of carbonyl (C=O) groups excluding carboxylic acids is 3. The second-order valence-electron chi connectivity index (χ2n) is 10.4. The summed E-state index contributed by atoms with van der Waals surface area (Å²) in [4.78, 5) is 41.4. The van der Waals surface area contributed by atoms with Gasteiger partial charge in [0.25, 0.3) is 5.91 Å². The third-order valence-corrected chi connectivity index (χ3v) is 7.28. The van der Waals surface area contributed by atoms with Gasteiger partial charge in [0.15, 0.2) is 5.60 Å². The van der Waals surface area contributed by atoms with Crippen LogP contribution < -0.4 is 10.6 Å². The van der Waals surface area contributed by atoms with Crippen molar-refractivity contribution < 1.29 is 19.1 Å². The fourth-order valence-electron chi connectivity index (χ4n) is 5.48. The molecule has 0 radical (unpaired) electrons. The Hall–Kier alpha value is -4.39. The summed E-state index contributed by atoms with van der Waals surface area (Å²) in [5.74, 6) is -0.334. The molecule has 2 N–H and O–H groups in total. The zero-order valence-corrected chi connectivity index (χ0v) is 22.2. The van der Waals surface area contributed by atoms with Crippen LogP contribution in [0.4, 0.5) is 4.79 Å². The molecule has 2 heterocycles. The van der Waals surface area contributed by atoms with Crippen molar-refractivity contribution in [2.45, 2.75) is 38.5 Å². The first-order valence-electron chi connectivity index (χ1n) is 13.3. The van der Waals surface area contributed by atoms with Gasteiger partial charge < -0.3 is 20.3 Å². The van der Waals surface area contributed by atoms with Crippen molar-refractivity contribution in [2.24, 2.45) is 5.92 Å². The molecule has 2 aliphatic rings. The lowest BCUT2D eigenvalue weighted by Crippen LogP contribution is -2.50. The normalized spacial score (nSPS) is 19.4. The predicted octanol–water partition coefficient (Wildman–Crippen LogP) is 5.33. The maximum absolute atomic E-state index is 13.7. The average Bonchev–Trinajstić information content (AvgIpc) is 3.24. The number of carbonyl (C=O) groups is 3.